The fraction of sp³-hybridized carbons (Fsp3) is 0.200. The maximum atomic E-state index is 4.83. The fourth-order valence-corrected chi connectivity index (χ4v) is 4.09. The van der Waals surface area contributed by atoms with E-state index in [0.29, 0.717) is 0 Å². The predicted molar refractivity (Wildman–Crippen MR) is 110 cm³/mol. The minimum atomic E-state index is -0.0501. The van der Waals surface area contributed by atoms with Crippen molar-refractivity contribution in [2.45, 2.75) is 26.3 Å². The van der Waals surface area contributed by atoms with Gasteiger partial charge in [-0.15, -0.1) is 22.7 Å². The summed E-state index contributed by atoms with van der Waals surface area (Å²) in [4.78, 5) is 12.2. The van der Waals surface area contributed by atoms with Crippen LogP contribution in [0.15, 0.2) is 48.1 Å². The quantitative estimate of drug-likeness (QED) is 0.492. The zero-order chi connectivity index (χ0) is 18.1. The topological polar surface area (TPSA) is 42.2 Å². The second-order valence-corrected chi connectivity index (χ2v) is 8.83. The third-order valence-electron chi connectivity index (χ3n) is 3.57. The van der Waals surface area contributed by atoms with Gasteiger partial charge in [0.2, 0.25) is 0 Å². The molecule has 4 heterocycles. The van der Waals surface area contributed by atoms with Gasteiger partial charge in [0.25, 0.3) is 0 Å². The van der Waals surface area contributed by atoms with Crippen molar-refractivity contribution in [1.29, 1.82) is 0 Å². The van der Waals surface area contributed by atoms with Crippen molar-refractivity contribution in [2.24, 2.45) is 0 Å². The van der Waals surface area contributed by atoms with Crippen LogP contribution >= 0.6 is 22.7 Å². The number of thiazole rings is 1. The zero-order valence-corrected chi connectivity index (χ0v) is 16.4. The van der Waals surface area contributed by atoms with E-state index in [2.05, 4.69) is 65.0 Å². The molecule has 0 atom stereocenters. The molecule has 0 fully saturated rings. The molecule has 0 saturated heterocycles. The van der Waals surface area contributed by atoms with Crippen LogP contribution in [0.2, 0.25) is 0 Å². The third-order valence-corrected chi connectivity index (χ3v) is 5.34. The number of rotatable bonds is 2. The van der Waals surface area contributed by atoms with Crippen molar-refractivity contribution in [3.63, 3.8) is 0 Å². The molecule has 130 valence electrons. The summed E-state index contributed by atoms with van der Waals surface area (Å²) >= 11 is 3.29. The molecule has 0 saturated carbocycles. The summed E-state index contributed by atoms with van der Waals surface area (Å²) in [5.41, 5.74) is 1.70. The maximum absolute atomic E-state index is 4.83. The Morgan fingerprint density at radius 2 is 2.00 bits per heavy atom. The van der Waals surface area contributed by atoms with Gasteiger partial charge in [-0.25, -0.2) is 9.97 Å². The highest BCUT2D eigenvalue weighted by Gasteiger charge is 2.20. The van der Waals surface area contributed by atoms with E-state index in [4.69, 9.17) is 4.98 Å². The molecule has 0 amide bonds. The molecular weight excluding hydrogens is 360 g/mol. The van der Waals surface area contributed by atoms with Crippen molar-refractivity contribution in [3.8, 4) is 22.4 Å². The lowest BCUT2D eigenvalue weighted by atomic mass is 10.1. The molecule has 4 aromatic heterocycles. The maximum Gasteiger partial charge on any atom is 0.195 e. The first-order valence-electron chi connectivity index (χ1n) is 8.27. The number of fused-ring (bicyclic) bond motifs is 1. The first-order valence-corrected chi connectivity index (χ1v) is 9.96. The largest absolute Gasteiger partial charge is 0.365 e. The molecule has 4 aromatic rings. The molecule has 0 aliphatic rings. The van der Waals surface area contributed by atoms with Crippen LogP contribution < -0.4 is 5.32 Å². The van der Waals surface area contributed by atoms with E-state index in [9.17, 15) is 0 Å². The van der Waals surface area contributed by atoms with Crippen molar-refractivity contribution in [2.75, 3.05) is 5.32 Å². The summed E-state index contributed by atoms with van der Waals surface area (Å²) in [5, 5.41) is 5.65. The van der Waals surface area contributed by atoms with Gasteiger partial charge in [0.1, 0.15) is 17.2 Å². The van der Waals surface area contributed by atoms with Crippen LogP contribution in [-0.4, -0.2) is 19.9 Å². The van der Waals surface area contributed by atoms with Gasteiger partial charge >= 0.3 is 0 Å². The lowest BCUT2D eigenvalue weighted by molar-refractivity contribution is 0.630. The van der Waals surface area contributed by atoms with E-state index in [1.54, 1.807) is 28.9 Å². The Balaban J connectivity index is 1.71. The average molecular weight is 379 g/mol. The summed E-state index contributed by atoms with van der Waals surface area (Å²) in [7, 11) is 0. The minimum Gasteiger partial charge on any atom is -0.365 e. The van der Waals surface area contributed by atoms with Crippen LogP contribution in [0.1, 0.15) is 31.3 Å². The SMILES string of the molecule is CC(C)(C)Nc1c(-c2ccc(C#Cc3ccccn3)s2)nc2sccn12. The van der Waals surface area contributed by atoms with E-state index in [0.717, 1.165) is 31.9 Å². The molecule has 0 unspecified atom stereocenters. The van der Waals surface area contributed by atoms with E-state index in [1.165, 1.54) is 0 Å². The molecule has 0 radical (unpaired) electrons. The Morgan fingerprint density at radius 1 is 1.12 bits per heavy atom. The monoisotopic (exact) mass is 378 g/mol. The predicted octanol–water partition coefficient (Wildman–Crippen LogP) is 5.13. The minimum absolute atomic E-state index is 0.0501. The molecule has 0 aliphatic heterocycles. The summed E-state index contributed by atoms with van der Waals surface area (Å²) in [6.07, 6.45) is 3.81. The van der Waals surface area contributed by atoms with Crippen LogP contribution in [0.3, 0.4) is 0 Å². The number of imidazole rings is 1. The van der Waals surface area contributed by atoms with Crippen LogP contribution in [0.4, 0.5) is 5.82 Å². The molecule has 0 spiro atoms. The molecule has 4 nitrogen and oxygen atoms in total. The number of thiophene rings is 1. The van der Waals surface area contributed by atoms with E-state index in [-0.39, 0.29) is 5.54 Å². The summed E-state index contributed by atoms with van der Waals surface area (Å²) < 4.78 is 2.12. The number of aromatic nitrogens is 3. The highest BCUT2D eigenvalue weighted by atomic mass is 32.1. The molecule has 4 rings (SSSR count). The van der Waals surface area contributed by atoms with Crippen LogP contribution in [0, 0.1) is 11.8 Å². The molecule has 0 aromatic carbocycles. The normalized spacial score (nSPS) is 11.3. The smallest absolute Gasteiger partial charge is 0.195 e. The van der Waals surface area contributed by atoms with Crippen molar-refractivity contribution in [1.82, 2.24) is 14.4 Å². The molecule has 0 aliphatic carbocycles. The Hall–Kier alpha value is -2.62. The Kier molecular flexibility index (Phi) is 4.27. The molecule has 6 heteroatoms. The van der Waals surface area contributed by atoms with Gasteiger partial charge in [0, 0.05) is 23.3 Å². The molecule has 1 N–H and O–H groups in total. The number of hydrogen-bond donors (Lipinski definition) is 1. The van der Waals surface area contributed by atoms with E-state index >= 15 is 0 Å². The first kappa shape index (κ1) is 16.8. The van der Waals surface area contributed by atoms with Crippen LogP contribution in [0.25, 0.3) is 15.5 Å². The lowest BCUT2D eigenvalue weighted by Gasteiger charge is -2.22. The number of nitrogens with zero attached hydrogens (tertiary/aromatic N) is 3. The average Bonchev–Trinajstić information content (AvgIpc) is 3.30. The van der Waals surface area contributed by atoms with Crippen molar-refractivity contribution >= 4 is 33.5 Å². The first-order chi connectivity index (χ1) is 12.5. The van der Waals surface area contributed by atoms with E-state index in [1.807, 2.05) is 24.3 Å². The lowest BCUT2D eigenvalue weighted by Crippen LogP contribution is -2.27. The number of pyridine rings is 1. The highest BCUT2D eigenvalue weighted by molar-refractivity contribution is 7.16. The molecule has 26 heavy (non-hydrogen) atoms. The Morgan fingerprint density at radius 3 is 2.77 bits per heavy atom. The van der Waals surface area contributed by atoms with Gasteiger partial charge < -0.3 is 5.32 Å². The van der Waals surface area contributed by atoms with Gasteiger partial charge in [-0.2, -0.15) is 0 Å². The standard InChI is InChI=1S/C20H18N4S2/c1-20(2,3)23-18-17(22-19-24(18)12-13-25-19)16-10-9-15(26-16)8-7-14-6-4-5-11-21-14/h4-6,9-13,23H,1-3H3. The zero-order valence-electron chi connectivity index (χ0n) is 14.8. The molecular formula is C20H18N4S2. The van der Waals surface area contributed by atoms with E-state index < -0.39 is 0 Å². The highest BCUT2D eigenvalue weighted by Crippen LogP contribution is 2.36. The van der Waals surface area contributed by atoms with Gasteiger partial charge in [-0.05, 0) is 56.9 Å². The molecule has 0 bridgehead atoms. The number of anilines is 1. The summed E-state index contributed by atoms with van der Waals surface area (Å²) in [6, 6.07) is 9.88. The Labute approximate surface area is 160 Å². The van der Waals surface area contributed by atoms with Gasteiger partial charge in [0.15, 0.2) is 4.96 Å². The van der Waals surface area contributed by atoms with Gasteiger partial charge in [-0.3, -0.25) is 4.40 Å². The second-order valence-electron chi connectivity index (χ2n) is 6.87. The second kappa shape index (κ2) is 6.60. The van der Waals surface area contributed by atoms with Crippen molar-refractivity contribution < 1.29 is 0 Å². The number of hydrogen-bond acceptors (Lipinski definition) is 5. The third kappa shape index (κ3) is 3.50. The fourth-order valence-electron chi connectivity index (χ4n) is 2.53. The van der Waals surface area contributed by atoms with Crippen LogP contribution in [0.5, 0.6) is 0 Å². The van der Waals surface area contributed by atoms with Crippen LogP contribution in [-0.2, 0) is 0 Å². The number of nitrogens with one attached hydrogen (secondary N) is 1. The summed E-state index contributed by atoms with van der Waals surface area (Å²) in [6.45, 7) is 6.46. The summed E-state index contributed by atoms with van der Waals surface area (Å²) in [5.74, 6) is 7.34. The van der Waals surface area contributed by atoms with Gasteiger partial charge in [0.05, 0.1) is 9.75 Å². The van der Waals surface area contributed by atoms with Gasteiger partial charge in [-0.1, -0.05) is 6.07 Å². The van der Waals surface area contributed by atoms with Crippen molar-refractivity contribution in [3.05, 3.63) is 58.7 Å². The Bertz CT molecular complexity index is 1100.